The van der Waals surface area contributed by atoms with Gasteiger partial charge in [-0.3, -0.25) is 4.79 Å². The van der Waals surface area contributed by atoms with Crippen LogP contribution in [0.4, 0.5) is 0 Å². The lowest BCUT2D eigenvalue weighted by Gasteiger charge is -2.27. The summed E-state index contributed by atoms with van der Waals surface area (Å²) < 4.78 is 23.8. The van der Waals surface area contributed by atoms with Crippen molar-refractivity contribution < 1.29 is 18.9 Å². The summed E-state index contributed by atoms with van der Waals surface area (Å²) in [5.41, 5.74) is 1.33. The number of hydrogen-bond donors (Lipinski definition) is 2. The molecule has 0 radical (unpaired) electrons. The number of ether oxygens (including phenoxy) is 4. The first-order valence-corrected chi connectivity index (χ1v) is 8.55. The summed E-state index contributed by atoms with van der Waals surface area (Å²) in [5, 5.41) is 0. The summed E-state index contributed by atoms with van der Waals surface area (Å²) in [5.74, 6) is -0.853. The smallest absolute Gasteiger partial charge is 0.275 e. The second-order valence-electron chi connectivity index (χ2n) is 6.62. The molecule has 3 unspecified atom stereocenters. The number of aromatic amines is 2. The SMILES string of the molecule is CCCOCC1OC(c2c[nH]c3c(=O)[nH]cnc23)OC(C)(C)OC1C. The van der Waals surface area contributed by atoms with E-state index < -0.39 is 12.1 Å². The van der Waals surface area contributed by atoms with Crippen LogP contribution in [-0.4, -0.2) is 46.2 Å². The van der Waals surface area contributed by atoms with Gasteiger partial charge in [0, 0.05) is 12.8 Å². The minimum atomic E-state index is -0.853. The third-order valence-electron chi connectivity index (χ3n) is 4.07. The van der Waals surface area contributed by atoms with Crippen LogP contribution in [0.15, 0.2) is 17.3 Å². The molecule has 2 aromatic heterocycles. The highest BCUT2D eigenvalue weighted by molar-refractivity contribution is 5.77. The Bertz CT molecular complexity index is 769. The van der Waals surface area contributed by atoms with Gasteiger partial charge in [0.1, 0.15) is 17.1 Å². The Labute approximate surface area is 145 Å². The summed E-state index contributed by atoms with van der Waals surface area (Å²) in [7, 11) is 0. The summed E-state index contributed by atoms with van der Waals surface area (Å²) in [6.45, 7) is 8.73. The number of rotatable bonds is 5. The molecule has 3 heterocycles. The number of H-pyrrole nitrogens is 2. The summed E-state index contributed by atoms with van der Waals surface area (Å²) in [6.07, 6.45) is 2.75. The van der Waals surface area contributed by atoms with Gasteiger partial charge >= 0.3 is 0 Å². The van der Waals surface area contributed by atoms with Crippen LogP contribution < -0.4 is 5.56 Å². The van der Waals surface area contributed by atoms with Crippen LogP contribution in [0.5, 0.6) is 0 Å². The van der Waals surface area contributed by atoms with Gasteiger partial charge in [0.2, 0.25) is 0 Å². The van der Waals surface area contributed by atoms with E-state index in [2.05, 4.69) is 21.9 Å². The van der Waals surface area contributed by atoms with E-state index >= 15 is 0 Å². The van der Waals surface area contributed by atoms with Gasteiger partial charge in [0.25, 0.3) is 5.56 Å². The maximum Gasteiger partial charge on any atom is 0.275 e. The third-order valence-corrected chi connectivity index (χ3v) is 4.07. The molecule has 138 valence electrons. The Kier molecular flexibility index (Phi) is 5.24. The molecule has 3 atom stereocenters. The average Bonchev–Trinajstić information content (AvgIpc) is 2.93. The third kappa shape index (κ3) is 3.92. The Morgan fingerprint density at radius 3 is 2.88 bits per heavy atom. The molecule has 0 saturated carbocycles. The largest absolute Gasteiger partial charge is 0.379 e. The van der Waals surface area contributed by atoms with Crippen molar-refractivity contribution in [2.24, 2.45) is 0 Å². The molecule has 0 bridgehead atoms. The molecule has 0 aromatic carbocycles. The van der Waals surface area contributed by atoms with Crippen LogP contribution in [-0.2, 0) is 18.9 Å². The highest BCUT2D eigenvalue weighted by Crippen LogP contribution is 2.35. The van der Waals surface area contributed by atoms with Gasteiger partial charge < -0.3 is 28.9 Å². The second kappa shape index (κ2) is 7.25. The van der Waals surface area contributed by atoms with E-state index in [0.29, 0.717) is 29.8 Å². The molecule has 0 amide bonds. The highest BCUT2D eigenvalue weighted by atomic mass is 16.8. The Balaban J connectivity index is 1.91. The van der Waals surface area contributed by atoms with Gasteiger partial charge in [-0.15, -0.1) is 0 Å². The molecule has 1 aliphatic rings. The monoisotopic (exact) mass is 351 g/mol. The molecular formula is C17H25N3O5. The lowest BCUT2D eigenvalue weighted by molar-refractivity contribution is -0.269. The Hall–Kier alpha value is -1.74. The van der Waals surface area contributed by atoms with Crippen LogP contribution in [0.3, 0.4) is 0 Å². The van der Waals surface area contributed by atoms with Gasteiger partial charge in [-0.25, -0.2) is 4.98 Å². The minimum absolute atomic E-state index is 0.210. The molecule has 8 nitrogen and oxygen atoms in total. The predicted octanol–water partition coefficient (Wildman–Crippen LogP) is 2.23. The molecule has 2 aromatic rings. The van der Waals surface area contributed by atoms with E-state index in [1.54, 1.807) is 6.20 Å². The van der Waals surface area contributed by atoms with Crippen LogP contribution in [0.1, 0.15) is 46.0 Å². The second-order valence-corrected chi connectivity index (χ2v) is 6.62. The normalized spacial score (nSPS) is 26.6. The van der Waals surface area contributed by atoms with E-state index in [9.17, 15) is 4.79 Å². The highest BCUT2D eigenvalue weighted by Gasteiger charge is 2.38. The van der Waals surface area contributed by atoms with Crippen LogP contribution in [0, 0.1) is 0 Å². The van der Waals surface area contributed by atoms with Gasteiger partial charge in [-0.2, -0.15) is 0 Å². The summed E-state index contributed by atoms with van der Waals surface area (Å²) >= 11 is 0. The molecule has 25 heavy (non-hydrogen) atoms. The first-order valence-electron chi connectivity index (χ1n) is 8.55. The summed E-state index contributed by atoms with van der Waals surface area (Å²) in [4.78, 5) is 21.7. The quantitative estimate of drug-likeness (QED) is 0.802. The van der Waals surface area contributed by atoms with E-state index in [-0.39, 0.29) is 17.8 Å². The number of fused-ring (bicyclic) bond motifs is 1. The molecule has 0 spiro atoms. The van der Waals surface area contributed by atoms with Crippen molar-refractivity contribution in [3.8, 4) is 0 Å². The maximum atomic E-state index is 11.9. The molecule has 8 heteroatoms. The summed E-state index contributed by atoms with van der Waals surface area (Å²) in [6, 6.07) is 0. The van der Waals surface area contributed by atoms with E-state index in [0.717, 1.165) is 6.42 Å². The number of nitrogens with one attached hydrogen (secondary N) is 2. The zero-order valence-corrected chi connectivity index (χ0v) is 15.0. The van der Waals surface area contributed by atoms with Crippen molar-refractivity contribution in [3.63, 3.8) is 0 Å². The minimum Gasteiger partial charge on any atom is -0.379 e. The molecular weight excluding hydrogens is 326 g/mol. The van der Waals surface area contributed by atoms with Crippen LogP contribution in [0.2, 0.25) is 0 Å². The zero-order chi connectivity index (χ0) is 18.0. The molecule has 2 N–H and O–H groups in total. The fraction of sp³-hybridized carbons (Fsp3) is 0.647. The fourth-order valence-electron chi connectivity index (χ4n) is 2.91. The first-order chi connectivity index (χ1) is 11.9. The maximum absolute atomic E-state index is 11.9. The lowest BCUT2D eigenvalue weighted by atomic mass is 10.2. The van der Waals surface area contributed by atoms with Crippen LogP contribution in [0.25, 0.3) is 11.0 Å². The molecule has 1 aliphatic heterocycles. The Morgan fingerprint density at radius 1 is 1.32 bits per heavy atom. The van der Waals surface area contributed by atoms with Crippen molar-refractivity contribution >= 4 is 11.0 Å². The van der Waals surface area contributed by atoms with E-state index in [1.165, 1.54) is 6.33 Å². The number of aromatic nitrogens is 3. The van der Waals surface area contributed by atoms with Gasteiger partial charge in [-0.1, -0.05) is 6.92 Å². The zero-order valence-electron chi connectivity index (χ0n) is 15.0. The fourth-order valence-corrected chi connectivity index (χ4v) is 2.91. The van der Waals surface area contributed by atoms with Gasteiger partial charge in [-0.05, 0) is 27.2 Å². The molecule has 1 saturated heterocycles. The first kappa shape index (κ1) is 18.1. The van der Waals surface area contributed by atoms with Crippen molar-refractivity contribution in [1.29, 1.82) is 0 Å². The number of nitrogens with zero attached hydrogens (tertiary/aromatic N) is 1. The Morgan fingerprint density at radius 2 is 2.12 bits per heavy atom. The topological polar surface area (TPSA) is 98.5 Å². The average molecular weight is 351 g/mol. The van der Waals surface area contributed by atoms with Crippen molar-refractivity contribution in [3.05, 3.63) is 28.4 Å². The van der Waals surface area contributed by atoms with Crippen molar-refractivity contribution in [1.82, 2.24) is 15.0 Å². The predicted molar refractivity (Wildman–Crippen MR) is 91.1 cm³/mol. The van der Waals surface area contributed by atoms with E-state index in [1.807, 2.05) is 20.8 Å². The molecule has 1 fully saturated rings. The standard InChI is InChI=1S/C17H25N3O5/c1-5-6-22-8-12-10(2)24-17(3,4)25-16(23-12)11-7-18-14-13(11)19-9-20-15(14)21/h7,9-10,12,16,18H,5-6,8H2,1-4H3,(H,19,20,21). The molecule has 0 aliphatic carbocycles. The van der Waals surface area contributed by atoms with Crippen LogP contribution >= 0.6 is 0 Å². The van der Waals surface area contributed by atoms with Crippen molar-refractivity contribution in [2.75, 3.05) is 13.2 Å². The lowest BCUT2D eigenvalue weighted by Crippen LogP contribution is -2.36. The van der Waals surface area contributed by atoms with E-state index in [4.69, 9.17) is 18.9 Å². The number of hydrogen-bond acceptors (Lipinski definition) is 6. The van der Waals surface area contributed by atoms with Gasteiger partial charge in [0.05, 0.1) is 24.6 Å². The van der Waals surface area contributed by atoms with Gasteiger partial charge in [0.15, 0.2) is 12.1 Å². The molecule has 3 rings (SSSR count). The van der Waals surface area contributed by atoms with Crippen molar-refractivity contribution in [2.45, 2.75) is 58.4 Å².